The summed E-state index contributed by atoms with van der Waals surface area (Å²) >= 11 is 0. The number of aromatic nitrogens is 4. The molecule has 3 unspecified atom stereocenters. The van der Waals surface area contributed by atoms with Gasteiger partial charge in [-0.1, -0.05) is 25.5 Å². The van der Waals surface area contributed by atoms with Crippen LogP contribution in [0.5, 0.6) is 0 Å². The van der Waals surface area contributed by atoms with Crippen LogP contribution in [0.3, 0.4) is 0 Å². The van der Waals surface area contributed by atoms with Crippen molar-refractivity contribution in [2.24, 2.45) is 23.7 Å². The summed E-state index contributed by atoms with van der Waals surface area (Å²) in [5, 5.41) is 8.77. The van der Waals surface area contributed by atoms with Gasteiger partial charge in [0.05, 0.1) is 0 Å². The predicted molar refractivity (Wildman–Crippen MR) is 152 cm³/mol. The van der Waals surface area contributed by atoms with Gasteiger partial charge in [-0.2, -0.15) is 0 Å². The van der Waals surface area contributed by atoms with Gasteiger partial charge in [-0.3, -0.25) is 4.90 Å². The SMILES string of the molecule is CC1=CC(CN2CCN(c3ncccn3)CC2)C(C(C)C)CC1Cc1nnc(-c2ccc(N(C)C)cc2)o1. The lowest BCUT2D eigenvalue weighted by Crippen LogP contribution is -2.49. The van der Waals surface area contributed by atoms with E-state index in [2.05, 4.69) is 73.8 Å². The molecule has 3 heterocycles. The van der Waals surface area contributed by atoms with Crippen molar-refractivity contribution in [3.8, 4) is 11.5 Å². The minimum Gasteiger partial charge on any atom is -0.421 e. The molecule has 3 atom stereocenters. The van der Waals surface area contributed by atoms with E-state index in [0.29, 0.717) is 29.6 Å². The zero-order chi connectivity index (χ0) is 26.6. The monoisotopic (exact) mass is 515 g/mol. The normalized spacial score (nSPS) is 22.5. The van der Waals surface area contributed by atoms with Crippen LogP contribution in [-0.4, -0.2) is 71.9 Å². The van der Waals surface area contributed by atoms with E-state index in [4.69, 9.17) is 4.42 Å². The molecule has 0 bridgehead atoms. The first-order chi connectivity index (χ1) is 18.4. The lowest BCUT2D eigenvalue weighted by molar-refractivity contribution is 0.154. The molecule has 1 fully saturated rings. The third-order valence-electron chi connectivity index (χ3n) is 8.28. The maximum atomic E-state index is 6.13. The zero-order valence-corrected chi connectivity index (χ0v) is 23.4. The molecule has 2 aromatic heterocycles. The predicted octanol–water partition coefficient (Wildman–Crippen LogP) is 4.81. The first kappa shape index (κ1) is 26.4. The molecule has 3 aromatic rings. The smallest absolute Gasteiger partial charge is 0.247 e. The molecule has 0 radical (unpaired) electrons. The fraction of sp³-hybridized carbons (Fsp3) is 0.533. The van der Waals surface area contributed by atoms with E-state index in [1.165, 1.54) is 5.57 Å². The van der Waals surface area contributed by atoms with Crippen molar-refractivity contribution in [1.29, 1.82) is 0 Å². The number of hydrogen-bond donors (Lipinski definition) is 0. The van der Waals surface area contributed by atoms with Crippen molar-refractivity contribution in [1.82, 2.24) is 25.1 Å². The van der Waals surface area contributed by atoms with Gasteiger partial charge in [0.15, 0.2) is 0 Å². The average Bonchev–Trinajstić information content (AvgIpc) is 3.39. The minimum atomic E-state index is 0.440. The van der Waals surface area contributed by atoms with Gasteiger partial charge < -0.3 is 14.2 Å². The second kappa shape index (κ2) is 11.6. The summed E-state index contributed by atoms with van der Waals surface area (Å²) in [5.74, 6) is 4.45. The van der Waals surface area contributed by atoms with Crippen LogP contribution in [0.25, 0.3) is 11.5 Å². The van der Waals surface area contributed by atoms with Gasteiger partial charge in [0.1, 0.15) is 0 Å². The highest BCUT2D eigenvalue weighted by Crippen LogP contribution is 2.39. The molecule has 8 nitrogen and oxygen atoms in total. The van der Waals surface area contributed by atoms with Crippen molar-refractivity contribution < 1.29 is 4.42 Å². The highest BCUT2D eigenvalue weighted by atomic mass is 16.4. The lowest BCUT2D eigenvalue weighted by Gasteiger charge is -2.41. The van der Waals surface area contributed by atoms with Crippen LogP contribution in [0.4, 0.5) is 11.6 Å². The number of piperazine rings is 1. The van der Waals surface area contributed by atoms with E-state index >= 15 is 0 Å². The van der Waals surface area contributed by atoms with Gasteiger partial charge in [-0.05, 0) is 67.3 Å². The number of benzene rings is 1. The first-order valence-corrected chi connectivity index (χ1v) is 13.9. The third kappa shape index (κ3) is 6.07. The number of rotatable bonds is 8. The number of anilines is 2. The molecule has 1 aliphatic heterocycles. The Hall–Kier alpha value is -3.26. The van der Waals surface area contributed by atoms with Gasteiger partial charge in [-0.25, -0.2) is 9.97 Å². The summed E-state index contributed by atoms with van der Waals surface area (Å²) < 4.78 is 6.13. The highest BCUT2D eigenvalue weighted by Gasteiger charge is 2.34. The molecule has 8 heteroatoms. The highest BCUT2D eigenvalue weighted by molar-refractivity contribution is 5.58. The Morgan fingerprint density at radius 1 is 1.00 bits per heavy atom. The van der Waals surface area contributed by atoms with Gasteiger partial charge in [0, 0.05) is 76.9 Å². The standard InChI is InChI=1S/C30H41N7O/c1-21(2)27-18-24(19-28-33-34-29(38-28)23-7-9-26(10-8-23)35(4)5)22(3)17-25(27)20-36-13-15-37(16-14-36)30-31-11-6-12-32-30/h6-12,17,21,24-25,27H,13-16,18-20H2,1-5H3. The summed E-state index contributed by atoms with van der Waals surface area (Å²) in [5.41, 5.74) is 3.57. The average molecular weight is 516 g/mol. The van der Waals surface area contributed by atoms with Crippen LogP contribution in [0.2, 0.25) is 0 Å². The Kier molecular flexibility index (Phi) is 8.07. The molecule has 0 saturated carbocycles. The van der Waals surface area contributed by atoms with E-state index in [0.717, 1.165) is 68.7 Å². The van der Waals surface area contributed by atoms with E-state index in [-0.39, 0.29) is 0 Å². The molecule has 2 aliphatic rings. The summed E-state index contributed by atoms with van der Waals surface area (Å²) in [7, 11) is 4.08. The van der Waals surface area contributed by atoms with E-state index in [9.17, 15) is 0 Å². The molecular weight excluding hydrogens is 474 g/mol. The second-order valence-corrected chi connectivity index (χ2v) is 11.4. The van der Waals surface area contributed by atoms with E-state index in [1.54, 1.807) is 0 Å². The Balaban J connectivity index is 1.21. The van der Waals surface area contributed by atoms with Crippen molar-refractivity contribution in [2.45, 2.75) is 33.6 Å². The molecule has 1 aromatic carbocycles. The summed E-state index contributed by atoms with van der Waals surface area (Å²) in [4.78, 5) is 15.9. The number of hydrogen-bond acceptors (Lipinski definition) is 8. The molecule has 1 saturated heterocycles. The Labute approximate surface area is 226 Å². The van der Waals surface area contributed by atoms with Gasteiger partial charge in [0.25, 0.3) is 0 Å². The summed E-state index contributed by atoms with van der Waals surface area (Å²) in [6.45, 7) is 12.2. The summed E-state index contributed by atoms with van der Waals surface area (Å²) in [6, 6.07) is 10.1. The van der Waals surface area contributed by atoms with E-state index < -0.39 is 0 Å². The topological polar surface area (TPSA) is 74.4 Å². The Morgan fingerprint density at radius 3 is 2.37 bits per heavy atom. The van der Waals surface area contributed by atoms with Gasteiger partial charge in [0.2, 0.25) is 17.7 Å². The van der Waals surface area contributed by atoms with Crippen LogP contribution < -0.4 is 9.80 Å². The van der Waals surface area contributed by atoms with Crippen LogP contribution >= 0.6 is 0 Å². The quantitative estimate of drug-likeness (QED) is 0.396. The molecule has 38 heavy (non-hydrogen) atoms. The van der Waals surface area contributed by atoms with Crippen LogP contribution in [0.1, 0.15) is 33.1 Å². The van der Waals surface area contributed by atoms with Crippen molar-refractivity contribution in [2.75, 3.05) is 56.6 Å². The lowest BCUT2D eigenvalue weighted by atomic mass is 9.69. The van der Waals surface area contributed by atoms with Gasteiger partial charge in [-0.15, -0.1) is 10.2 Å². The Bertz CT molecular complexity index is 1200. The summed E-state index contributed by atoms with van der Waals surface area (Å²) in [6.07, 6.45) is 8.16. The number of allylic oxidation sites excluding steroid dienone is 1. The van der Waals surface area contributed by atoms with Crippen molar-refractivity contribution in [3.05, 3.63) is 60.3 Å². The Morgan fingerprint density at radius 2 is 1.71 bits per heavy atom. The molecule has 0 spiro atoms. The molecule has 0 N–H and O–H groups in total. The maximum absolute atomic E-state index is 6.13. The number of nitrogens with zero attached hydrogens (tertiary/aromatic N) is 7. The zero-order valence-electron chi connectivity index (χ0n) is 23.4. The van der Waals surface area contributed by atoms with E-state index in [1.807, 2.05) is 44.7 Å². The molecule has 0 amide bonds. The largest absolute Gasteiger partial charge is 0.421 e. The molecule has 202 valence electrons. The van der Waals surface area contributed by atoms with Crippen LogP contribution in [0, 0.1) is 23.7 Å². The molecular formula is C30H41N7O. The van der Waals surface area contributed by atoms with Crippen LogP contribution in [-0.2, 0) is 6.42 Å². The molecule has 5 rings (SSSR count). The molecule has 1 aliphatic carbocycles. The van der Waals surface area contributed by atoms with Crippen molar-refractivity contribution in [3.63, 3.8) is 0 Å². The van der Waals surface area contributed by atoms with Crippen molar-refractivity contribution >= 4 is 11.6 Å². The van der Waals surface area contributed by atoms with Crippen LogP contribution in [0.15, 0.2) is 58.8 Å². The fourth-order valence-corrected chi connectivity index (χ4v) is 5.93. The first-order valence-electron chi connectivity index (χ1n) is 13.9. The fourth-order valence-electron chi connectivity index (χ4n) is 5.93. The van der Waals surface area contributed by atoms with Gasteiger partial charge >= 0.3 is 0 Å². The second-order valence-electron chi connectivity index (χ2n) is 11.4. The third-order valence-corrected chi connectivity index (χ3v) is 8.28. The maximum Gasteiger partial charge on any atom is 0.247 e. The minimum absolute atomic E-state index is 0.440.